The second kappa shape index (κ2) is 4.33. The summed E-state index contributed by atoms with van der Waals surface area (Å²) in [6.07, 6.45) is 2.01. The molecular weight excluding hydrogens is 264 g/mol. The average molecular weight is 280 g/mol. The van der Waals surface area contributed by atoms with Crippen LogP contribution in [0.5, 0.6) is 0 Å². The number of fused-ring (bicyclic) bond motifs is 1. The van der Waals surface area contributed by atoms with Gasteiger partial charge in [-0.25, -0.2) is 0 Å². The van der Waals surface area contributed by atoms with Gasteiger partial charge in [-0.2, -0.15) is 0 Å². The van der Waals surface area contributed by atoms with E-state index < -0.39 is 0 Å². The molecule has 3 rings (SSSR count). The third-order valence-corrected chi connectivity index (χ3v) is 5.76. The summed E-state index contributed by atoms with van der Waals surface area (Å²) in [4.78, 5) is 12.9. The molecule has 96 valence electrons. The predicted molar refractivity (Wildman–Crippen MR) is 77.4 cm³/mol. The van der Waals surface area contributed by atoms with Gasteiger partial charge in [-0.05, 0) is 35.8 Å². The molecule has 2 aromatic heterocycles. The molecule has 2 aromatic rings. The van der Waals surface area contributed by atoms with Crippen LogP contribution in [-0.2, 0) is 0 Å². The van der Waals surface area contributed by atoms with Crippen molar-refractivity contribution in [1.82, 2.24) is 5.32 Å². The Labute approximate surface area is 114 Å². The van der Waals surface area contributed by atoms with Crippen molar-refractivity contribution >= 4 is 38.0 Å². The molecule has 0 unspecified atom stereocenters. The maximum absolute atomic E-state index is 12.1. The lowest BCUT2D eigenvalue weighted by Gasteiger charge is -2.43. The van der Waals surface area contributed by atoms with Crippen molar-refractivity contribution in [2.24, 2.45) is 11.1 Å². The van der Waals surface area contributed by atoms with Gasteiger partial charge in [0, 0.05) is 18.0 Å². The van der Waals surface area contributed by atoms with E-state index in [2.05, 4.69) is 23.7 Å². The minimum atomic E-state index is 0.0464. The normalized spacial score (nSPS) is 27.1. The van der Waals surface area contributed by atoms with E-state index >= 15 is 0 Å². The predicted octanol–water partition coefficient (Wildman–Crippen LogP) is 2.82. The van der Waals surface area contributed by atoms with Crippen molar-refractivity contribution < 1.29 is 4.79 Å². The zero-order valence-electron chi connectivity index (χ0n) is 10.2. The van der Waals surface area contributed by atoms with Gasteiger partial charge >= 0.3 is 0 Å². The monoisotopic (exact) mass is 280 g/mol. The van der Waals surface area contributed by atoms with Crippen molar-refractivity contribution in [3.05, 3.63) is 22.4 Å². The van der Waals surface area contributed by atoms with Gasteiger partial charge in [0.2, 0.25) is 0 Å². The van der Waals surface area contributed by atoms with Crippen molar-refractivity contribution in [1.29, 1.82) is 0 Å². The summed E-state index contributed by atoms with van der Waals surface area (Å²) >= 11 is 3.26. The van der Waals surface area contributed by atoms with Gasteiger partial charge in [-0.15, -0.1) is 22.7 Å². The van der Waals surface area contributed by atoms with Crippen molar-refractivity contribution in [3.63, 3.8) is 0 Å². The van der Waals surface area contributed by atoms with E-state index in [4.69, 9.17) is 5.73 Å². The third-order valence-electron chi connectivity index (χ3n) is 3.56. The topological polar surface area (TPSA) is 55.1 Å². The van der Waals surface area contributed by atoms with Gasteiger partial charge in [-0.1, -0.05) is 6.92 Å². The van der Waals surface area contributed by atoms with E-state index in [1.165, 1.54) is 9.40 Å². The van der Waals surface area contributed by atoms with E-state index in [0.717, 1.165) is 24.3 Å². The lowest BCUT2D eigenvalue weighted by Crippen LogP contribution is -2.50. The number of rotatable bonds is 3. The maximum atomic E-state index is 12.1. The Balaban J connectivity index is 1.63. The number of hydrogen-bond donors (Lipinski definition) is 2. The number of thiophene rings is 2. The highest BCUT2D eigenvalue weighted by molar-refractivity contribution is 7.38. The number of amides is 1. The summed E-state index contributed by atoms with van der Waals surface area (Å²) in [7, 11) is 0. The van der Waals surface area contributed by atoms with E-state index in [9.17, 15) is 4.79 Å². The number of carbonyl (C=O) groups excluding carboxylic acids is 1. The maximum Gasteiger partial charge on any atom is 0.261 e. The Morgan fingerprint density at radius 2 is 2.39 bits per heavy atom. The summed E-state index contributed by atoms with van der Waals surface area (Å²) in [6, 6.07) is 4.35. The highest BCUT2D eigenvalue weighted by Gasteiger charge is 2.38. The van der Waals surface area contributed by atoms with Crippen molar-refractivity contribution in [2.75, 3.05) is 6.54 Å². The molecule has 18 heavy (non-hydrogen) atoms. The zero-order valence-corrected chi connectivity index (χ0v) is 11.9. The van der Waals surface area contributed by atoms with Gasteiger partial charge in [0.25, 0.3) is 5.91 Å². The van der Waals surface area contributed by atoms with Gasteiger partial charge < -0.3 is 11.1 Å². The number of hydrogen-bond acceptors (Lipinski definition) is 4. The first kappa shape index (κ1) is 12.1. The summed E-state index contributed by atoms with van der Waals surface area (Å²) in [5, 5.41) is 6.26. The van der Waals surface area contributed by atoms with E-state index in [1.807, 2.05) is 6.07 Å². The molecule has 0 aromatic carbocycles. The summed E-state index contributed by atoms with van der Waals surface area (Å²) in [6.45, 7) is 2.91. The minimum Gasteiger partial charge on any atom is -0.351 e. The third kappa shape index (κ3) is 2.18. The van der Waals surface area contributed by atoms with Crippen LogP contribution >= 0.6 is 22.7 Å². The molecule has 0 radical (unpaired) electrons. The van der Waals surface area contributed by atoms with Crippen LogP contribution in [0.3, 0.4) is 0 Å². The largest absolute Gasteiger partial charge is 0.351 e. The molecular formula is C13H16N2OS2. The Bertz CT molecular complexity index is 552. The molecule has 1 aliphatic rings. The average Bonchev–Trinajstić information content (AvgIpc) is 2.83. The highest BCUT2D eigenvalue weighted by Crippen LogP contribution is 2.39. The quantitative estimate of drug-likeness (QED) is 0.908. The fourth-order valence-corrected chi connectivity index (χ4v) is 4.63. The first-order valence-electron chi connectivity index (χ1n) is 6.07. The Morgan fingerprint density at radius 1 is 1.61 bits per heavy atom. The van der Waals surface area contributed by atoms with Crippen LogP contribution < -0.4 is 11.1 Å². The molecule has 0 spiro atoms. The molecule has 5 heteroatoms. The molecule has 1 fully saturated rings. The van der Waals surface area contributed by atoms with Crippen LogP contribution in [0.15, 0.2) is 17.5 Å². The first-order chi connectivity index (χ1) is 8.56. The van der Waals surface area contributed by atoms with Crippen LogP contribution in [0, 0.1) is 5.41 Å². The van der Waals surface area contributed by atoms with Crippen LogP contribution in [0.2, 0.25) is 0 Å². The lowest BCUT2D eigenvalue weighted by molar-refractivity contribution is 0.0860. The second-order valence-electron chi connectivity index (χ2n) is 5.44. The molecule has 1 saturated carbocycles. The Kier molecular flexibility index (Phi) is 2.92. The Hall–Kier alpha value is -0.910. The van der Waals surface area contributed by atoms with Crippen molar-refractivity contribution in [2.45, 2.75) is 25.8 Å². The molecule has 0 bridgehead atoms. The first-order valence-corrected chi connectivity index (χ1v) is 7.76. The minimum absolute atomic E-state index is 0.0464. The molecule has 0 saturated heterocycles. The van der Waals surface area contributed by atoms with E-state index in [1.54, 1.807) is 22.7 Å². The lowest BCUT2D eigenvalue weighted by atomic mass is 9.67. The SMILES string of the molecule is CC1(CNC(=O)c2cc3ccsc3s2)CC(N)C1. The number of nitrogens with two attached hydrogens (primary N) is 1. The van der Waals surface area contributed by atoms with Crippen molar-refractivity contribution in [3.8, 4) is 0 Å². The highest BCUT2D eigenvalue weighted by atomic mass is 32.2. The molecule has 0 atom stereocenters. The van der Waals surface area contributed by atoms with Gasteiger partial charge in [-0.3, -0.25) is 4.79 Å². The standard InChI is InChI=1S/C13H16N2OS2/c1-13(5-9(14)6-13)7-15-11(16)10-4-8-2-3-17-12(8)18-10/h2-4,9H,5-7,14H2,1H3,(H,15,16). The molecule has 0 aliphatic heterocycles. The summed E-state index contributed by atoms with van der Waals surface area (Å²) in [5.74, 6) is 0.0464. The van der Waals surface area contributed by atoms with E-state index in [0.29, 0.717) is 6.04 Å². The van der Waals surface area contributed by atoms with Crippen LogP contribution in [0.25, 0.3) is 9.40 Å². The molecule has 1 aliphatic carbocycles. The van der Waals surface area contributed by atoms with E-state index in [-0.39, 0.29) is 11.3 Å². The van der Waals surface area contributed by atoms with Crippen LogP contribution in [-0.4, -0.2) is 18.5 Å². The zero-order chi connectivity index (χ0) is 12.8. The molecule has 2 heterocycles. The van der Waals surface area contributed by atoms with Gasteiger partial charge in [0.1, 0.15) is 0 Å². The fourth-order valence-electron chi connectivity index (χ4n) is 2.61. The smallest absolute Gasteiger partial charge is 0.261 e. The molecule has 3 nitrogen and oxygen atoms in total. The van der Waals surface area contributed by atoms with Crippen LogP contribution in [0.4, 0.5) is 0 Å². The fraction of sp³-hybridized carbons (Fsp3) is 0.462. The Morgan fingerprint density at radius 3 is 3.06 bits per heavy atom. The molecule has 1 amide bonds. The summed E-state index contributed by atoms with van der Waals surface area (Å²) < 4.78 is 1.22. The number of carbonyl (C=O) groups is 1. The summed E-state index contributed by atoms with van der Waals surface area (Å²) in [5.41, 5.74) is 6.00. The molecule has 3 N–H and O–H groups in total. The van der Waals surface area contributed by atoms with Gasteiger partial charge in [0.05, 0.1) is 8.89 Å². The second-order valence-corrected chi connectivity index (χ2v) is 7.66. The van der Waals surface area contributed by atoms with Crippen LogP contribution in [0.1, 0.15) is 29.4 Å². The van der Waals surface area contributed by atoms with Gasteiger partial charge in [0.15, 0.2) is 0 Å². The number of nitrogens with one attached hydrogen (secondary N) is 1.